The summed E-state index contributed by atoms with van der Waals surface area (Å²) in [5.41, 5.74) is 2.31. The van der Waals surface area contributed by atoms with E-state index in [0.717, 1.165) is 0 Å². The van der Waals surface area contributed by atoms with E-state index < -0.39 is 76.9 Å². The van der Waals surface area contributed by atoms with Gasteiger partial charge in [-0.2, -0.15) is 8.42 Å². The smallest absolute Gasteiger partial charge is 0.311 e. The third kappa shape index (κ3) is 7.77. The van der Waals surface area contributed by atoms with E-state index in [1.54, 1.807) is 54.6 Å². The first-order valence-corrected chi connectivity index (χ1v) is 17.9. The number of ether oxygens (including phenoxy) is 1. The molecule has 2 aliphatic rings. The van der Waals surface area contributed by atoms with Crippen LogP contribution in [0.2, 0.25) is 0 Å². The molecule has 1 unspecified atom stereocenters. The first-order chi connectivity index (χ1) is 24.4. The molecule has 8 atom stereocenters. The summed E-state index contributed by atoms with van der Waals surface area (Å²) in [6.45, 7) is -0.749. The number of phenols is 1. The fourth-order valence-corrected chi connectivity index (χ4v) is 7.82. The van der Waals surface area contributed by atoms with E-state index in [9.17, 15) is 48.2 Å². The molecule has 0 aliphatic carbocycles. The Labute approximate surface area is 293 Å². The Morgan fingerprint density at radius 1 is 0.843 bits per heavy atom. The van der Waals surface area contributed by atoms with E-state index in [1.165, 1.54) is 47.4 Å². The molecule has 1 amide bonds. The zero-order valence-electron chi connectivity index (χ0n) is 27.1. The van der Waals surface area contributed by atoms with E-state index in [1.807, 2.05) is 0 Å². The number of hydrogen-bond acceptors (Lipinski definition) is 11. The van der Waals surface area contributed by atoms with Crippen molar-refractivity contribution in [3.05, 3.63) is 114 Å². The molecule has 0 bridgehead atoms. The number of carbonyl (C=O) groups is 1. The average molecular weight is 724 g/mol. The van der Waals surface area contributed by atoms with E-state index in [-0.39, 0.29) is 30.2 Å². The van der Waals surface area contributed by atoms with Crippen molar-refractivity contribution in [1.82, 2.24) is 0 Å². The molecule has 4 aromatic rings. The van der Waals surface area contributed by atoms with Crippen molar-refractivity contribution in [1.29, 1.82) is 0 Å². The number of para-hydroxylation sites is 1. The molecule has 14 heteroatoms. The van der Waals surface area contributed by atoms with Gasteiger partial charge in [-0.15, -0.1) is 0 Å². The van der Waals surface area contributed by atoms with Crippen LogP contribution in [0.15, 0.2) is 97.1 Å². The minimum atomic E-state index is -4.65. The molecule has 270 valence electrons. The van der Waals surface area contributed by atoms with Gasteiger partial charge in [0.15, 0.2) is 0 Å². The maximum Gasteiger partial charge on any atom is 0.311 e. The number of aliphatic hydroxyl groups excluding tert-OH is 5. The molecule has 2 saturated heterocycles. The van der Waals surface area contributed by atoms with Gasteiger partial charge in [-0.3, -0.25) is 4.79 Å². The summed E-state index contributed by atoms with van der Waals surface area (Å²) in [6, 6.07) is 24.4. The number of rotatable bonds is 12. The van der Waals surface area contributed by atoms with Gasteiger partial charge in [0.25, 0.3) is 0 Å². The molecule has 2 aliphatic heterocycles. The van der Waals surface area contributed by atoms with Crippen LogP contribution in [0.5, 0.6) is 11.5 Å². The summed E-state index contributed by atoms with van der Waals surface area (Å²) in [5, 5.41) is 61.6. The Morgan fingerprint density at radius 2 is 1.53 bits per heavy atom. The predicted molar refractivity (Wildman–Crippen MR) is 182 cm³/mol. The maximum atomic E-state index is 13.8. The van der Waals surface area contributed by atoms with Crippen molar-refractivity contribution < 1.29 is 57.2 Å². The van der Waals surface area contributed by atoms with Gasteiger partial charge in [0.1, 0.15) is 53.6 Å². The molecule has 6 N–H and O–H groups in total. The third-order valence-electron chi connectivity index (χ3n) is 9.34. The lowest BCUT2D eigenvalue weighted by atomic mass is 9.77. The normalized spacial score (nSPS) is 25.6. The van der Waals surface area contributed by atoms with Gasteiger partial charge in [-0.1, -0.05) is 54.6 Å². The average Bonchev–Trinajstić information content (AvgIpc) is 3.11. The number of benzene rings is 4. The summed E-state index contributed by atoms with van der Waals surface area (Å²) in [5.74, 6) is -2.63. The minimum absolute atomic E-state index is 0.0334. The van der Waals surface area contributed by atoms with Crippen LogP contribution in [0.4, 0.5) is 10.1 Å². The number of hydrogen-bond donors (Lipinski definition) is 6. The van der Waals surface area contributed by atoms with Crippen LogP contribution >= 0.6 is 0 Å². The first-order valence-electron chi connectivity index (χ1n) is 16.3. The molecule has 0 saturated carbocycles. The summed E-state index contributed by atoms with van der Waals surface area (Å²) in [4.78, 5) is 15.3. The van der Waals surface area contributed by atoms with Crippen LogP contribution in [0, 0.1) is 11.7 Å². The standard InChI is InChI=1S/C37H38FNO11S/c38-24-12-9-21(10-13-24)29(42)16-15-28-33(39(37(28)46)25-6-2-1-3-7-25)27-14-11-23(22-5-4-8-26(41)17-22)18-30(27)50-51(47,48)20-32-35(44)36(45)34(43)31(19-40)49-32/h1-14,17-18,28-29,31-36,40-45H,15-16,19-20H2/t28-,29+,31-,32?,33-,34-,35+,36+/m1/s1. The Balaban J connectivity index is 1.37. The summed E-state index contributed by atoms with van der Waals surface area (Å²) < 4.78 is 52.0. The van der Waals surface area contributed by atoms with Crippen LogP contribution in [0.1, 0.15) is 36.1 Å². The fourth-order valence-electron chi connectivity index (χ4n) is 6.66. The highest BCUT2D eigenvalue weighted by atomic mass is 32.2. The quantitative estimate of drug-likeness (QED) is 0.0930. The molecule has 4 aromatic carbocycles. The number of aliphatic hydroxyl groups is 5. The summed E-state index contributed by atoms with van der Waals surface area (Å²) in [7, 11) is -4.65. The number of carbonyl (C=O) groups excluding carboxylic acids is 1. The van der Waals surface area contributed by atoms with Crippen molar-refractivity contribution >= 4 is 21.7 Å². The van der Waals surface area contributed by atoms with Crippen LogP contribution in [0.3, 0.4) is 0 Å². The lowest BCUT2D eigenvalue weighted by Crippen LogP contribution is -2.60. The highest BCUT2D eigenvalue weighted by Crippen LogP contribution is 2.49. The molecule has 2 fully saturated rings. The molecular weight excluding hydrogens is 685 g/mol. The van der Waals surface area contributed by atoms with E-state index >= 15 is 0 Å². The molecule has 0 aromatic heterocycles. The van der Waals surface area contributed by atoms with Crippen LogP contribution < -0.4 is 9.08 Å². The Morgan fingerprint density at radius 3 is 2.22 bits per heavy atom. The lowest BCUT2D eigenvalue weighted by molar-refractivity contribution is -0.223. The van der Waals surface area contributed by atoms with Crippen LogP contribution in [0.25, 0.3) is 11.1 Å². The van der Waals surface area contributed by atoms with Crippen molar-refractivity contribution in [3.63, 3.8) is 0 Å². The zero-order chi connectivity index (χ0) is 36.4. The monoisotopic (exact) mass is 723 g/mol. The third-order valence-corrected chi connectivity index (χ3v) is 10.5. The van der Waals surface area contributed by atoms with Gasteiger partial charge in [0.2, 0.25) is 5.91 Å². The van der Waals surface area contributed by atoms with Crippen molar-refractivity contribution in [2.24, 2.45) is 5.92 Å². The summed E-state index contributed by atoms with van der Waals surface area (Å²) in [6.07, 6.45) is -8.91. The predicted octanol–water partition coefficient (Wildman–Crippen LogP) is 2.97. The first kappa shape index (κ1) is 36.4. The van der Waals surface area contributed by atoms with Gasteiger partial charge in [0, 0.05) is 11.3 Å². The molecule has 2 heterocycles. The number of amides is 1. The maximum absolute atomic E-state index is 13.8. The van der Waals surface area contributed by atoms with E-state index in [0.29, 0.717) is 27.9 Å². The van der Waals surface area contributed by atoms with Gasteiger partial charge >= 0.3 is 10.1 Å². The number of nitrogens with zero attached hydrogens (tertiary/aromatic N) is 1. The number of phenolic OH excluding ortho intramolecular Hbond substituents is 1. The molecule has 0 spiro atoms. The molecule has 12 nitrogen and oxygen atoms in total. The number of β-lactam (4-membered cyclic amide) rings is 1. The molecule has 6 rings (SSSR count). The number of aromatic hydroxyl groups is 1. The van der Waals surface area contributed by atoms with Crippen molar-refractivity contribution in [3.8, 4) is 22.6 Å². The van der Waals surface area contributed by atoms with Crippen LogP contribution in [-0.2, 0) is 19.6 Å². The second-order valence-corrected chi connectivity index (χ2v) is 14.3. The van der Waals surface area contributed by atoms with E-state index in [4.69, 9.17) is 8.92 Å². The fraction of sp³-hybridized carbons (Fsp3) is 0.324. The summed E-state index contributed by atoms with van der Waals surface area (Å²) >= 11 is 0. The minimum Gasteiger partial charge on any atom is -0.508 e. The SMILES string of the molecule is O=C1[C@H](CC[C@H](O)c2ccc(F)cc2)[C@@H](c2ccc(-c3cccc(O)c3)cc2OS(=O)(=O)CC2O[C@H](CO)[C@@H](O)[C@H](O)[C@H]2O)N1c1ccccc1. The van der Waals surface area contributed by atoms with Gasteiger partial charge in [0.05, 0.1) is 24.7 Å². The van der Waals surface area contributed by atoms with E-state index in [2.05, 4.69) is 0 Å². The van der Waals surface area contributed by atoms with Gasteiger partial charge < -0.3 is 44.5 Å². The largest absolute Gasteiger partial charge is 0.508 e. The second-order valence-electron chi connectivity index (χ2n) is 12.7. The van der Waals surface area contributed by atoms with Gasteiger partial charge in [-0.25, -0.2) is 4.39 Å². The van der Waals surface area contributed by atoms with Crippen molar-refractivity contribution in [2.75, 3.05) is 17.3 Å². The number of anilines is 1. The van der Waals surface area contributed by atoms with Crippen LogP contribution in [-0.4, -0.2) is 87.8 Å². The Hall–Kier alpha value is -4.41. The highest BCUT2D eigenvalue weighted by molar-refractivity contribution is 7.87. The molecular formula is C37H38FNO11S. The van der Waals surface area contributed by atoms with Crippen molar-refractivity contribution in [2.45, 2.75) is 55.5 Å². The zero-order valence-corrected chi connectivity index (χ0v) is 28.0. The lowest BCUT2D eigenvalue weighted by Gasteiger charge is -2.48. The second kappa shape index (κ2) is 15.1. The molecule has 51 heavy (non-hydrogen) atoms. The Kier molecular flexibility index (Phi) is 10.7. The highest BCUT2D eigenvalue weighted by Gasteiger charge is 2.50. The van der Waals surface area contributed by atoms with Gasteiger partial charge in [-0.05, 0) is 72.0 Å². The number of halogens is 1. The molecule has 0 radical (unpaired) electrons. The Bertz CT molecular complexity index is 1940. The topological polar surface area (TPSA) is 194 Å².